The first-order chi connectivity index (χ1) is 12.6. The van der Waals surface area contributed by atoms with Crippen LogP contribution in [0, 0.1) is 6.92 Å². The third kappa shape index (κ3) is 5.21. The second kappa shape index (κ2) is 9.04. The summed E-state index contributed by atoms with van der Waals surface area (Å²) in [4.78, 5) is 4.02. The molecule has 134 valence electrons. The van der Waals surface area contributed by atoms with E-state index in [2.05, 4.69) is 41.5 Å². The van der Waals surface area contributed by atoms with Gasteiger partial charge in [0.2, 0.25) is 0 Å². The number of benzene rings is 2. The molecule has 0 fully saturated rings. The minimum atomic E-state index is 0.457. The highest BCUT2D eigenvalue weighted by Crippen LogP contribution is 2.33. The Hall–Kier alpha value is -2.07. The Bertz CT molecular complexity index is 852. The van der Waals surface area contributed by atoms with E-state index in [1.165, 1.54) is 5.56 Å². The molecule has 0 aliphatic carbocycles. The molecule has 0 amide bonds. The van der Waals surface area contributed by atoms with Crippen LogP contribution >= 0.6 is 23.2 Å². The van der Waals surface area contributed by atoms with Gasteiger partial charge in [0.05, 0.1) is 5.02 Å². The number of aromatic nitrogens is 1. The summed E-state index contributed by atoms with van der Waals surface area (Å²) < 4.78 is 6.01. The fourth-order valence-electron chi connectivity index (χ4n) is 2.59. The van der Waals surface area contributed by atoms with Crippen LogP contribution in [-0.2, 0) is 19.7 Å². The smallest absolute Gasteiger partial charge is 0.142 e. The summed E-state index contributed by atoms with van der Waals surface area (Å²) in [5.74, 6) is 0.666. The van der Waals surface area contributed by atoms with Crippen LogP contribution < -0.4 is 10.1 Å². The van der Waals surface area contributed by atoms with Crippen molar-refractivity contribution in [2.75, 3.05) is 0 Å². The number of ether oxygens (including phenoxy) is 1. The number of pyridine rings is 1. The third-order valence-corrected chi connectivity index (χ3v) is 4.48. The highest BCUT2D eigenvalue weighted by molar-refractivity contribution is 6.35. The fraction of sp³-hybridized carbons (Fsp3) is 0.190. The molecule has 3 aromatic rings. The number of nitrogens with zero attached hydrogens (tertiary/aromatic N) is 1. The van der Waals surface area contributed by atoms with E-state index in [1.807, 2.05) is 18.2 Å². The van der Waals surface area contributed by atoms with Crippen molar-refractivity contribution in [3.63, 3.8) is 0 Å². The van der Waals surface area contributed by atoms with Gasteiger partial charge in [0.15, 0.2) is 0 Å². The predicted octanol–water partition coefficient (Wildman–Crippen LogP) is 5.57. The molecule has 0 spiro atoms. The van der Waals surface area contributed by atoms with Gasteiger partial charge in [-0.15, -0.1) is 0 Å². The number of aryl methyl sites for hydroxylation is 1. The Morgan fingerprint density at radius 3 is 2.38 bits per heavy atom. The van der Waals surface area contributed by atoms with Crippen LogP contribution in [0.5, 0.6) is 5.75 Å². The van der Waals surface area contributed by atoms with Crippen molar-refractivity contribution in [3.8, 4) is 5.75 Å². The van der Waals surface area contributed by atoms with E-state index in [0.717, 1.165) is 23.2 Å². The summed E-state index contributed by atoms with van der Waals surface area (Å²) in [7, 11) is 0. The zero-order valence-electron chi connectivity index (χ0n) is 14.5. The molecule has 3 rings (SSSR count). The summed E-state index contributed by atoms with van der Waals surface area (Å²) in [5.41, 5.74) is 4.41. The van der Waals surface area contributed by atoms with E-state index in [9.17, 15) is 0 Å². The third-order valence-electron chi connectivity index (χ3n) is 3.98. The van der Waals surface area contributed by atoms with Crippen molar-refractivity contribution in [2.24, 2.45) is 0 Å². The highest BCUT2D eigenvalue weighted by Gasteiger charge is 2.11. The monoisotopic (exact) mass is 386 g/mol. The molecule has 0 atom stereocenters. The first kappa shape index (κ1) is 18.7. The molecule has 0 saturated carbocycles. The lowest BCUT2D eigenvalue weighted by Crippen LogP contribution is -2.14. The van der Waals surface area contributed by atoms with Crippen LogP contribution in [-0.4, -0.2) is 4.98 Å². The Balaban J connectivity index is 1.68. The zero-order chi connectivity index (χ0) is 18.4. The first-order valence-corrected chi connectivity index (χ1v) is 9.13. The molecule has 3 nitrogen and oxygen atoms in total. The van der Waals surface area contributed by atoms with Gasteiger partial charge in [0, 0.05) is 36.1 Å². The maximum Gasteiger partial charge on any atom is 0.142 e. The van der Waals surface area contributed by atoms with Gasteiger partial charge in [-0.1, -0.05) is 53.0 Å². The molecule has 2 aromatic carbocycles. The van der Waals surface area contributed by atoms with E-state index < -0.39 is 0 Å². The summed E-state index contributed by atoms with van der Waals surface area (Å²) in [6, 6.07) is 15.8. The summed E-state index contributed by atoms with van der Waals surface area (Å²) in [6.07, 6.45) is 3.56. The minimum absolute atomic E-state index is 0.457. The Kier molecular flexibility index (Phi) is 6.51. The number of nitrogens with one attached hydrogen (secondary N) is 1. The van der Waals surface area contributed by atoms with E-state index in [0.29, 0.717) is 28.9 Å². The van der Waals surface area contributed by atoms with Gasteiger partial charge in [-0.25, -0.2) is 0 Å². The molecule has 0 unspecified atom stereocenters. The topological polar surface area (TPSA) is 34.1 Å². The van der Waals surface area contributed by atoms with Crippen LogP contribution in [0.2, 0.25) is 10.0 Å². The van der Waals surface area contributed by atoms with Gasteiger partial charge in [-0.3, -0.25) is 4.98 Å². The quantitative estimate of drug-likeness (QED) is 0.576. The standard InChI is InChI=1S/C21H20Cl2N2O/c1-15-2-4-17(5-3-15)14-26-21-18(10-19(22)11-20(21)23)13-25-12-16-6-8-24-9-7-16/h2-11,25H,12-14H2,1H3. The largest absolute Gasteiger partial charge is 0.487 e. The predicted molar refractivity (Wildman–Crippen MR) is 107 cm³/mol. The maximum absolute atomic E-state index is 6.38. The van der Waals surface area contributed by atoms with Crippen molar-refractivity contribution in [1.82, 2.24) is 10.3 Å². The number of rotatable bonds is 7. The van der Waals surface area contributed by atoms with E-state index in [1.54, 1.807) is 18.5 Å². The molecule has 1 heterocycles. The molecule has 0 aliphatic heterocycles. The van der Waals surface area contributed by atoms with Gasteiger partial charge in [-0.2, -0.15) is 0 Å². The number of halogens is 2. The van der Waals surface area contributed by atoms with Crippen LogP contribution in [0.1, 0.15) is 22.3 Å². The van der Waals surface area contributed by atoms with Crippen LogP contribution in [0.3, 0.4) is 0 Å². The molecular weight excluding hydrogens is 367 g/mol. The molecule has 1 aromatic heterocycles. The lowest BCUT2D eigenvalue weighted by Gasteiger charge is -2.15. The van der Waals surface area contributed by atoms with Crippen molar-refractivity contribution in [1.29, 1.82) is 0 Å². The van der Waals surface area contributed by atoms with E-state index in [4.69, 9.17) is 27.9 Å². The second-order valence-corrected chi connectivity index (χ2v) is 6.95. The summed E-state index contributed by atoms with van der Waals surface area (Å²) in [6.45, 7) is 3.85. The molecule has 5 heteroatoms. The molecular formula is C21H20Cl2N2O. The number of hydrogen-bond donors (Lipinski definition) is 1. The van der Waals surface area contributed by atoms with Gasteiger partial charge in [-0.05, 0) is 42.3 Å². The van der Waals surface area contributed by atoms with E-state index in [-0.39, 0.29) is 0 Å². The highest BCUT2D eigenvalue weighted by atomic mass is 35.5. The Labute approximate surface area is 163 Å². The van der Waals surface area contributed by atoms with E-state index >= 15 is 0 Å². The lowest BCUT2D eigenvalue weighted by atomic mass is 10.1. The molecule has 0 radical (unpaired) electrons. The summed E-state index contributed by atoms with van der Waals surface area (Å²) in [5, 5.41) is 4.51. The Morgan fingerprint density at radius 2 is 1.65 bits per heavy atom. The van der Waals surface area contributed by atoms with Gasteiger partial charge in [0.1, 0.15) is 12.4 Å². The zero-order valence-corrected chi connectivity index (χ0v) is 16.0. The SMILES string of the molecule is Cc1ccc(COc2c(Cl)cc(Cl)cc2CNCc2ccncc2)cc1. The average Bonchev–Trinajstić information content (AvgIpc) is 2.63. The molecule has 0 saturated heterocycles. The van der Waals surface area contributed by atoms with Crippen LogP contribution in [0.4, 0.5) is 0 Å². The molecule has 1 N–H and O–H groups in total. The van der Waals surface area contributed by atoms with Gasteiger partial charge >= 0.3 is 0 Å². The van der Waals surface area contributed by atoms with Gasteiger partial charge in [0.25, 0.3) is 0 Å². The number of hydrogen-bond acceptors (Lipinski definition) is 3. The Morgan fingerprint density at radius 1 is 0.923 bits per heavy atom. The average molecular weight is 387 g/mol. The maximum atomic E-state index is 6.38. The summed E-state index contributed by atoms with van der Waals surface area (Å²) >= 11 is 12.6. The molecule has 0 bridgehead atoms. The van der Waals surface area contributed by atoms with Gasteiger partial charge < -0.3 is 10.1 Å². The van der Waals surface area contributed by atoms with Crippen LogP contribution in [0.15, 0.2) is 60.9 Å². The van der Waals surface area contributed by atoms with Crippen LogP contribution in [0.25, 0.3) is 0 Å². The fourth-order valence-corrected chi connectivity index (χ4v) is 3.18. The van der Waals surface area contributed by atoms with Crippen molar-refractivity contribution in [3.05, 3.63) is 93.2 Å². The normalized spacial score (nSPS) is 10.7. The second-order valence-electron chi connectivity index (χ2n) is 6.11. The minimum Gasteiger partial charge on any atom is -0.487 e. The first-order valence-electron chi connectivity index (χ1n) is 8.38. The van der Waals surface area contributed by atoms with Crippen molar-refractivity contribution in [2.45, 2.75) is 26.6 Å². The molecule has 0 aliphatic rings. The lowest BCUT2D eigenvalue weighted by molar-refractivity contribution is 0.302. The van der Waals surface area contributed by atoms with Crippen molar-refractivity contribution >= 4 is 23.2 Å². The van der Waals surface area contributed by atoms with Crippen molar-refractivity contribution < 1.29 is 4.74 Å². The molecule has 26 heavy (non-hydrogen) atoms.